The van der Waals surface area contributed by atoms with Gasteiger partial charge < -0.3 is 21.5 Å². The van der Waals surface area contributed by atoms with Gasteiger partial charge in [0.05, 0.1) is 12.8 Å². The maximum atomic E-state index is 14.2. The van der Waals surface area contributed by atoms with E-state index in [-0.39, 0.29) is 28.2 Å². The average Bonchev–Trinajstić information content (AvgIpc) is 3.28. The summed E-state index contributed by atoms with van der Waals surface area (Å²) in [4.78, 5) is 41.6. The zero-order chi connectivity index (χ0) is 27.4. The van der Waals surface area contributed by atoms with Gasteiger partial charge in [-0.1, -0.05) is 37.5 Å². The van der Waals surface area contributed by atoms with E-state index in [0.29, 0.717) is 17.0 Å². The van der Waals surface area contributed by atoms with Gasteiger partial charge in [0.15, 0.2) is 5.69 Å². The fraction of sp³-hybridized carbons (Fsp3) is 0.357. The third-order valence-corrected chi connectivity index (χ3v) is 7.60. The van der Waals surface area contributed by atoms with Crippen LogP contribution in [0.5, 0.6) is 5.75 Å². The molecule has 0 radical (unpaired) electrons. The Kier molecular flexibility index (Phi) is 8.31. The highest BCUT2D eigenvalue weighted by atomic mass is 32.1. The maximum Gasteiger partial charge on any atom is 0.273 e. The Morgan fingerprint density at radius 3 is 2.24 bits per heavy atom. The Hall–Kier alpha value is -3.92. The third kappa shape index (κ3) is 5.80. The molecule has 1 aliphatic carbocycles. The van der Waals surface area contributed by atoms with Crippen molar-refractivity contribution in [3.05, 3.63) is 69.7 Å². The van der Waals surface area contributed by atoms with Gasteiger partial charge >= 0.3 is 0 Å². The van der Waals surface area contributed by atoms with Crippen molar-refractivity contribution in [1.29, 1.82) is 0 Å². The number of nitrogens with one attached hydrogen (secondary N) is 1. The van der Waals surface area contributed by atoms with Gasteiger partial charge in [-0.2, -0.15) is 4.37 Å². The van der Waals surface area contributed by atoms with E-state index in [9.17, 15) is 14.4 Å². The van der Waals surface area contributed by atoms with E-state index in [2.05, 4.69) is 9.69 Å². The van der Waals surface area contributed by atoms with Crippen LogP contribution in [-0.2, 0) is 4.79 Å². The van der Waals surface area contributed by atoms with Gasteiger partial charge in [0, 0.05) is 11.7 Å². The molecule has 0 bridgehead atoms. The number of hydrogen-bond donors (Lipinski definition) is 3. The lowest BCUT2D eigenvalue weighted by atomic mass is 9.94. The summed E-state index contributed by atoms with van der Waals surface area (Å²) in [6.45, 7) is 3.85. The lowest BCUT2D eigenvalue weighted by molar-refractivity contribution is -0.123. The summed E-state index contributed by atoms with van der Waals surface area (Å²) in [7, 11) is 1.57. The van der Waals surface area contributed by atoms with Crippen LogP contribution in [0.4, 0.5) is 11.4 Å². The number of primary amides is 1. The van der Waals surface area contributed by atoms with Gasteiger partial charge in [0.25, 0.3) is 11.8 Å². The number of rotatable bonds is 8. The minimum absolute atomic E-state index is 0.0307. The number of nitrogens with zero attached hydrogens (tertiary/aromatic N) is 2. The second kappa shape index (κ2) is 11.6. The number of anilines is 2. The summed E-state index contributed by atoms with van der Waals surface area (Å²) in [5.74, 6) is -1.04. The Morgan fingerprint density at radius 2 is 1.68 bits per heavy atom. The van der Waals surface area contributed by atoms with Crippen molar-refractivity contribution in [2.24, 2.45) is 5.73 Å². The minimum Gasteiger partial charge on any atom is -0.497 e. The van der Waals surface area contributed by atoms with Gasteiger partial charge in [0.1, 0.15) is 16.7 Å². The average molecular weight is 536 g/mol. The molecule has 2 aromatic carbocycles. The second-order valence-corrected chi connectivity index (χ2v) is 10.5. The number of nitrogens with two attached hydrogens (primary N) is 2. The summed E-state index contributed by atoms with van der Waals surface area (Å²) in [5, 5.41) is 3.19. The van der Waals surface area contributed by atoms with Gasteiger partial charge in [-0.05, 0) is 79.2 Å². The molecule has 0 saturated heterocycles. The van der Waals surface area contributed by atoms with Crippen LogP contribution < -0.4 is 26.4 Å². The van der Waals surface area contributed by atoms with Crippen LogP contribution in [0.1, 0.15) is 75.0 Å². The van der Waals surface area contributed by atoms with Crippen LogP contribution in [0.25, 0.3) is 0 Å². The molecule has 9 nitrogen and oxygen atoms in total. The molecule has 38 heavy (non-hydrogen) atoms. The molecule has 1 fully saturated rings. The zero-order valence-electron chi connectivity index (χ0n) is 21.8. The van der Waals surface area contributed by atoms with Crippen molar-refractivity contribution >= 4 is 40.6 Å². The molecule has 0 unspecified atom stereocenters. The monoisotopic (exact) mass is 535 g/mol. The molecule has 0 spiro atoms. The van der Waals surface area contributed by atoms with E-state index in [1.807, 2.05) is 32.0 Å². The predicted molar refractivity (Wildman–Crippen MR) is 149 cm³/mol. The number of hydrogen-bond acceptors (Lipinski definition) is 7. The Labute approximate surface area is 226 Å². The Bertz CT molecular complexity index is 1310. The van der Waals surface area contributed by atoms with E-state index in [0.717, 1.165) is 54.8 Å². The highest BCUT2D eigenvalue weighted by Crippen LogP contribution is 2.35. The quantitative estimate of drug-likeness (QED) is 0.393. The molecular formula is C28H33N5O4S. The minimum atomic E-state index is -1.02. The summed E-state index contributed by atoms with van der Waals surface area (Å²) >= 11 is 0.791. The summed E-state index contributed by atoms with van der Waals surface area (Å²) in [5.41, 5.74) is 14.3. The van der Waals surface area contributed by atoms with E-state index in [1.165, 1.54) is 4.90 Å². The number of ether oxygens (including phenoxy) is 1. The topological polar surface area (TPSA) is 141 Å². The van der Waals surface area contributed by atoms with Gasteiger partial charge in [-0.3, -0.25) is 19.3 Å². The molecule has 1 aliphatic rings. The standard InChI is InChI=1S/C28H33N5O4S/c1-16-13-17(2)15-20(14-16)33(28(36)25-22(29)23(26(30)34)32-38-25)24(18-9-11-21(37-3)12-10-18)27(35)31-19-7-5-4-6-8-19/h9-15,19,24H,4-8,29H2,1-3H3,(H2,30,34)(H,31,35)/t24-/m0/s1. The first-order valence-corrected chi connectivity index (χ1v) is 13.4. The number of amides is 3. The molecule has 1 aromatic heterocycles. The molecule has 200 valence electrons. The molecule has 1 saturated carbocycles. The summed E-state index contributed by atoms with van der Waals surface area (Å²) < 4.78 is 9.34. The number of methoxy groups -OCH3 is 1. The largest absolute Gasteiger partial charge is 0.497 e. The van der Waals surface area contributed by atoms with Crippen LogP contribution in [0.3, 0.4) is 0 Å². The van der Waals surface area contributed by atoms with Crippen LogP contribution in [0.2, 0.25) is 0 Å². The maximum absolute atomic E-state index is 14.2. The second-order valence-electron chi connectivity index (χ2n) is 9.68. The van der Waals surface area contributed by atoms with E-state index < -0.39 is 17.9 Å². The van der Waals surface area contributed by atoms with Gasteiger partial charge in [-0.25, -0.2) is 0 Å². The van der Waals surface area contributed by atoms with Crippen LogP contribution >= 0.6 is 11.5 Å². The van der Waals surface area contributed by atoms with Gasteiger partial charge in [0.2, 0.25) is 5.91 Å². The van der Waals surface area contributed by atoms with Crippen LogP contribution in [0, 0.1) is 13.8 Å². The van der Waals surface area contributed by atoms with Crippen molar-refractivity contribution in [1.82, 2.24) is 9.69 Å². The van der Waals surface area contributed by atoms with E-state index in [1.54, 1.807) is 31.4 Å². The van der Waals surface area contributed by atoms with Gasteiger partial charge in [-0.15, -0.1) is 0 Å². The number of carbonyl (C=O) groups excluding carboxylic acids is 3. The number of aryl methyl sites for hydroxylation is 2. The van der Waals surface area contributed by atoms with Crippen molar-refractivity contribution in [2.45, 2.75) is 58.0 Å². The molecular weight excluding hydrogens is 502 g/mol. The normalized spacial score (nSPS) is 14.5. The summed E-state index contributed by atoms with van der Waals surface area (Å²) in [6, 6.07) is 11.8. The van der Waals surface area contributed by atoms with E-state index in [4.69, 9.17) is 16.2 Å². The van der Waals surface area contributed by atoms with Crippen molar-refractivity contribution in [3.63, 3.8) is 0 Å². The van der Waals surface area contributed by atoms with Crippen molar-refractivity contribution < 1.29 is 19.1 Å². The first-order chi connectivity index (χ1) is 18.2. The predicted octanol–water partition coefficient (Wildman–Crippen LogP) is 4.29. The van der Waals surface area contributed by atoms with Crippen molar-refractivity contribution in [3.8, 4) is 5.75 Å². The smallest absolute Gasteiger partial charge is 0.273 e. The molecule has 10 heteroatoms. The van der Waals surface area contributed by atoms with Crippen molar-refractivity contribution in [2.75, 3.05) is 17.7 Å². The molecule has 3 amide bonds. The number of nitrogen functional groups attached to an aromatic ring is 1. The van der Waals surface area contributed by atoms with Crippen LogP contribution in [-0.4, -0.2) is 35.2 Å². The first kappa shape index (κ1) is 27.1. The molecule has 0 aliphatic heterocycles. The van der Waals surface area contributed by atoms with E-state index >= 15 is 0 Å². The molecule has 1 atom stereocenters. The fourth-order valence-electron chi connectivity index (χ4n) is 4.94. The number of benzene rings is 2. The Balaban J connectivity index is 1.87. The lowest BCUT2D eigenvalue weighted by Crippen LogP contribution is -2.47. The highest BCUT2D eigenvalue weighted by Gasteiger charge is 2.37. The SMILES string of the molecule is COc1ccc([C@@H](C(=O)NC2CCCCC2)N(C(=O)c2snc(C(N)=O)c2N)c2cc(C)cc(C)c2)cc1. The summed E-state index contributed by atoms with van der Waals surface area (Å²) in [6.07, 6.45) is 5.02. The number of aromatic nitrogens is 1. The Morgan fingerprint density at radius 1 is 1.05 bits per heavy atom. The molecule has 5 N–H and O–H groups in total. The molecule has 1 heterocycles. The zero-order valence-corrected chi connectivity index (χ0v) is 22.6. The fourth-order valence-corrected chi connectivity index (χ4v) is 5.69. The molecule has 3 aromatic rings. The lowest BCUT2D eigenvalue weighted by Gasteiger charge is -2.33. The third-order valence-electron chi connectivity index (χ3n) is 6.75. The number of carbonyl (C=O) groups is 3. The highest BCUT2D eigenvalue weighted by molar-refractivity contribution is 7.09. The van der Waals surface area contributed by atoms with Crippen LogP contribution in [0.15, 0.2) is 42.5 Å². The first-order valence-electron chi connectivity index (χ1n) is 12.6. The molecule has 4 rings (SSSR count).